The second kappa shape index (κ2) is 5.28. The number of aromatic nitrogens is 1. The van der Waals surface area contributed by atoms with E-state index < -0.39 is 0 Å². The predicted molar refractivity (Wildman–Crippen MR) is 62.8 cm³/mol. The Morgan fingerprint density at radius 3 is 2.65 bits per heavy atom. The first-order chi connectivity index (χ1) is 8.28. The normalized spacial score (nSPS) is 10.4. The quantitative estimate of drug-likeness (QED) is 0.803. The van der Waals surface area contributed by atoms with Crippen molar-refractivity contribution in [3.8, 4) is 6.07 Å². The summed E-state index contributed by atoms with van der Waals surface area (Å²) < 4.78 is 5.33. The first-order valence-electron chi connectivity index (χ1n) is 5.34. The first kappa shape index (κ1) is 11.4. The fourth-order valence-corrected chi connectivity index (χ4v) is 1.64. The van der Waals surface area contributed by atoms with Crippen molar-refractivity contribution in [2.45, 2.75) is 13.1 Å². The Labute approximate surface area is 100 Å². The third-order valence-corrected chi connectivity index (χ3v) is 2.40. The van der Waals surface area contributed by atoms with Gasteiger partial charge in [0.2, 0.25) is 5.76 Å². The van der Waals surface area contributed by atoms with Crippen molar-refractivity contribution in [2.75, 3.05) is 7.05 Å². The van der Waals surface area contributed by atoms with E-state index in [0.29, 0.717) is 12.3 Å². The summed E-state index contributed by atoms with van der Waals surface area (Å²) in [6.45, 7) is 1.51. The van der Waals surface area contributed by atoms with Crippen LogP contribution >= 0.6 is 0 Å². The molecule has 0 aromatic carbocycles. The molecule has 0 aliphatic carbocycles. The van der Waals surface area contributed by atoms with Crippen molar-refractivity contribution in [1.82, 2.24) is 9.88 Å². The van der Waals surface area contributed by atoms with Gasteiger partial charge in [0.25, 0.3) is 0 Å². The Kier molecular flexibility index (Phi) is 3.53. The highest BCUT2D eigenvalue weighted by Crippen LogP contribution is 2.10. The van der Waals surface area contributed by atoms with Crippen LogP contribution < -0.4 is 0 Å². The zero-order valence-electron chi connectivity index (χ0n) is 9.63. The predicted octanol–water partition coefficient (Wildman–Crippen LogP) is 2.18. The van der Waals surface area contributed by atoms with Gasteiger partial charge >= 0.3 is 0 Å². The minimum Gasteiger partial charge on any atom is -0.449 e. The molecule has 2 rings (SSSR count). The molecule has 0 fully saturated rings. The second-order valence-electron chi connectivity index (χ2n) is 3.91. The van der Waals surface area contributed by atoms with Crippen LogP contribution in [0.2, 0.25) is 0 Å². The number of rotatable bonds is 4. The summed E-state index contributed by atoms with van der Waals surface area (Å²) in [6.07, 6.45) is 3.56. The van der Waals surface area contributed by atoms with Crippen LogP contribution in [0.5, 0.6) is 0 Å². The molecule has 4 nitrogen and oxygen atoms in total. The van der Waals surface area contributed by atoms with E-state index in [0.717, 1.165) is 12.3 Å². The van der Waals surface area contributed by atoms with Gasteiger partial charge in [-0.1, -0.05) is 0 Å². The standard InChI is InChI=1S/C13H13N3O/c1-16(9-11-4-6-15-7-5-11)10-13-3-2-12(8-14)17-13/h2-7H,9-10H2,1H3. The molecule has 0 unspecified atom stereocenters. The van der Waals surface area contributed by atoms with Gasteiger partial charge in [-0.2, -0.15) is 5.26 Å². The molecule has 2 aromatic heterocycles. The van der Waals surface area contributed by atoms with Gasteiger partial charge in [-0.05, 0) is 36.9 Å². The molecule has 0 amide bonds. The number of hydrogen-bond acceptors (Lipinski definition) is 4. The van der Waals surface area contributed by atoms with E-state index in [2.05, 4.69) is 9.88 Å². The highest BCUT2D eigenvalue weighted by atomic mass is 16.3. The molecule has 2 aromatic rings. The highest BCUT2D eigenvalue weighted by Gasteiger charge is 2.05. The Balaban J connectivity index is 1.94. The fraction of sp³-hybridized carbons (Fsp3) is 0.231. The van der Waals surface area contributed by atoms with Crippen LogP contribution in [0.3, 0.4) is 0 Å². The molecule has 0 aliphatic rings. The van der Waals surface area contributed by atoms with Crippen molar-refractivity contribution in [2.24, 2.45) is 0 Å². The molecule has 0 saturated carbocycles. The lowest BCUT2D eigenvalue weighted by molar-refractivity contribution is 0.286. The maximum Gasteiger partial charge on any atom is 0.203 e. The van der Waals surface area contributed by atoms with Crippen LogP contribution in [-0.2, 0) is 13.1 Å². The van der Waals surface area contributed by atoms with Crippen LogP contribution in [0.4, 0.5) is 0 Å². The summed E-state index contributed by atoms with van der Waals surface area (Å²) >= 11 is 0. The van der Waals surface area contributed by atoms with Gasteiger partial charge in [-0.15, -0.1) is 0 Å². The van der Waals surface area contributed by atoms with Gasteiger partial charge in [0.15, 0.2) is 0 Å². The van der Waals surface area contributed by atoms with Crippen molar-refractivity contribution in [3.05, 3.63) is 53.7 Å². The number of furan rings is 1. The van der Waals surface area contributed by atoms with E-state index >= 15 is 0 Å². The van der Waals surface area contributed by atoms with Crippen LogP contribution in [0, 0.1) is 11.3 Å². The zero-order valence-corrected chi connectivity index (χ0v) is 9.63. The highest BCUT2D eigenvalue weighted by molar-refractivity contribution is 5.19. The zero-order chi connectivity index (χ0) is 12.1. The summed E-state index contributed by atoms with van der Waals surface area (Å²) in [5.74, 6) is 1.16. The number of nitriles is 1. The first-order valence-corrected chi connectivity index (χ1v) is 5.34. The van der Waals surface area contributed by atoms with E-state index in [1.165, 1.54) is 5.56 Å². The molecule has 17 heavy (non-hydrogen) atoms. The van der Waals surface area contributed by atoms with Crippen molar-refractivity contribution >= 4 is 0 Å². The molecule has 0 bridgehead atoms. The van der Waals surface area contributed by atoms with Gasteiger partial charge in [0, 0.05) is 18.9 Å². The molecule has 0 atom stereocenters. The Hall–Kier alpha value is -2.12. The van der Waals surface area contributed by atoms with Crippen LogP contribution in [0.25, 0.3) is 0 Å². The van der Waals surface area contributed by atoms with Crippen LogP contribution in [0.1, 0.15) is 17.1 Å². The maximum absolute atomic E-state index is 8.66. The topological polar surface area (TPSA) is 53.1 Å². The van der Waals surface area contributed by atoms with E-state index in [-0.39, 0.29) is 0 Å². The molecule has 0 spiro atoms. The van der Waals surface area contributed by atoms with Crippen LogP contribution in [-0.4, -0.2) is 16.9 Å². The van der Waals surface area contributed by atoms with Gasteiger partial charge in [0.05, 0.1) is 6.54 Å². The Morgan fingerprint density at radius 1 is 1.24 bits per heavy atom. The molecule has 0 aliphatic heterocycles. The fourth-order valence-electron chi connectivity index (χ4n) is 1.64. The summed E-state index contributed by atoms with van der Waals surface area (Å²) in [7, 11) is 2.01. The monoisotopic (exact) mass is 227 g/mol. The lowest BCUT2D eigenvalue weighted by Gasteiger charge is -2.14. The summed E-state index contributed by atoms with van der Waals surface area (Å²) in [5, 5.41) is 8.66. The maximum atomic E-state index is 8.66. The molecule has 0 N–H and O–H groups in total. The number of nitrogens with zero attached hydrogens (tertiary/aromatic N) is 3. The largest absolute Gasteiger partial charge is 0.449 e. The lowest BCUT2D eigenvalue weighted by atomic mass is 10.2. The SMILES string of the molecule is CN(Cc1ccncc1)Cc1ccc(C#N)o1. The average Bonchev–Trinajstić information content (AvgIpc) is 2.78. The number of hydrogen-bond donors (Lipinski definition) is 0. The van der Waals surface area contributed by atoms with Crippen molar-refractivity contribution in [1.29, 1.82) is 5.26 Å². The molecule has 2 heterocycles. The van der Waals surface area contributed by atoms with E-state index in [1.807, 2.05) is 31.3 Å². The molecule has 0 radical (unpaired) electrons. The third-order valence-electron chi connectivity index (χ3n) is 2.40. The van der Waals surface area contributed by atoms with E-state index in [4.69, 9.17) is 9.68 Å². The average molecular weight is 227 g/mol. The number of pyridine rings is 1. The smallest absolute Gasteiger partial charge is 0.203 e. The van der Waals surface area contributed by atoms with Gasteiger partial charge in [-0.25, -0.2) is 0 Å². The Morgan fingerprint density at radius 2 is 2.00 bits per heavy atom. The second-order valence-corrected chi connectivity index (χ2v) is 3.91. The van der Waals surface area contributed by atoms with Crippen LogP contribution in [0.15, 0.2) is 41.1 Å². The summed E-state index contributed by atoms with van der Waals surface area (Å²) in [4.78, 5) is 6.10. The minimum atomic E-state index is 0.359. The van der Waals surface area contributed by atoms with E-state index in [1.54, 1.807) is 18.5 Å². The lowest BCUT2D eigenvalue weighted by Crippen LogP contribution is -2.16. The van der Waals surface area contributed by atoms with Crippen molar-refractivity contribution < 1.29 is 4.42 Å². The molecular formula is C13H13N3O. The van der Waals surface area contributed by atoms with Crippen molar-refractivity contribution in [3.63, 3.8) is 0 Å². The van der Waals surface area contributed by atoms with E-state index in [9.17, 15) is 0 Å². The molecular weight excluding hydrogens is 214 g/mol. The minimum absolute atomic E-state index is 0.359. The van der Waals surface area contributed by atoms with Gasteiger partial charge in [-0.3, -0.25) is 9.88 Å². The third kappa shape index (κ3) is 3.16. The molecule has 4 heteroatoms. The molecule has 86 valence electrons. The molecule has 0 saturated heterocycles. The van der Waals surface area contributed by atoms with Gasteiger partial charge < -0.3 is 4.42 Å². The van der Waals surface area contributed by atoms with Gasteiger partial charge in [0.1, 0.15) is 11.8 Å². The summed E-state index contributed by atoms with van der Waals surface area (Å²) in [5.41, 5.74) is 1.20. The Bertz CT molecular complexity index is 513. The summed E-state index contributed by atoms with van der Waals surface area (Å²) in [6, 6.07) is 9.47.